The van der Waals surface area contributed by atoms with E-state index in [-0.39, 0.29) is 0 Å². The maximum atomic E-state index is 4.04. The second-order valence-electron chi connectivity index (χ2n) is 3.93. The second kappa shape index (κ2) is 16.0. The Kier molecular flexibility index (Phi) is 19.7. The third-order valence-corrected chi connectivity index (χ3v) is 1.94. The first-order chi connectivity index (χ1) is 8.47. The molecule has 0 amide bonds. The van der Waals surface area contributed by atoms with Gasteiger partial charge in [-0.15, -0.1) is 0 Å². The summed E-state index contributed by atoms with van der Waals surface area (Å²) in [6.07, 6.45) is 7.61. The number of hydrogen-bond acceptors (Lipinski definition) is 0. The molecular formula is C18H34. The van der Waals surface area contributed by atoms with E-state index >= 15 is 0 Å². The summed E-state index contributed by atoms with van der Waals surface area (Å²) in [6, 6.07) is 0. The first-order valence-corrected chi connectivity index (χ1v) is 7.16. The number of rotatable bonds is 4. The van der Waals surface area contributed by atoms with E-state index in [1.807, 2.05) is 27.7 Å². The maximum absolute atomic E-state index is 4.04. The van der Waals surface area contributed by atoms with Crippen molar-refractivity contribution in [2.45, 2.75) is 68.7 Å². The zero-order valence-corrected chi connectivity index (χ0v) is 14.1. The lowest BCUT2D eigenvalue weighted by Crippen LogP contribution is -1.81. The Labute approximate surface area is 116 Å². The SMILES string of the molecule is C=C(C=C(C)C)/C(C)=C\C(C)=C/CC.CC.CC. The van der Waals surface area contributed by atoms with E-state index in [1.54, 1.807) is 0 Å². The minimum Gasteiger partial charge on any atom is -0.0915 e. The van der Waals surface area contributed by atoms with Crippen LogP contribution in [0.3, 0.4) is 0 Å². The molecule has 0 aliphatic carbocycles. The van der Waals surface area contributed by atoms with Crippen molar-refractivity contribution in [3.63, 3.8) is 0 Å². The monoisotopic (exact) mass is 250 g/mol. The van der Waals surface area contributed by atoms with Crippen LogP contribution in [0.4, 0.5) is 0 Å². The summed E-state index contributed by atoms with van der Waals surface area (Å²) in [5.41, 5.74) is 4.95. The maximum Gasteiger partial charge on any atom is -0.0300 e. The van der Waals surface area contributed by atoms with E-state index in [2.05, 4.69) is 59.4 Å². The molecule has 0 spiro atoms. The predicted octanol–water partition coefficient (Wildman–Crippen LogP) is 6.86. The fourth-order valence-corrected chi connectivity index (χ4v) is 1.28. The third-order valence-electron chi connectivity index (χ3n) is 1.94. The molecule has 0 nitrogen and oxygen atoms in total. The van der Waals surface area contributed by atoms with Crippen molar-refractivity contribution < 1.29 is 0 Å². The first-order valence-electron chi connectivity index (χ1n) is 7.16. The van der Waals surface area contributed by atoms with Crippen molar-refractivity contribution >= 4 is 0 Å². The molecule has 0 N–H and O–H groups in total. The molecular weight excluding hydrogens is 216 g/mol. The van der Waals surface area contributed by atoms with Gasteiger partial charge in [-0.05, 0) is 45.3 Å². The van der Waals surface area contributed by atoms with Crippen LogP contribution in [0.1, 0.15) is 68.7 Å². The molecule has 0 radical (unpaired) electrons. The molecule has 18 heavy (non-hydrogen) atoms. The van der Waals surface area contributed by atoms with Crippen LogP contribution in [-0.4, -0.2) is 0 Å². The Bertz CT molecular complexity index is 281. The Morgan fingerprint density at radius 3 is 1.67 bits per heavy atom. The second-order valence-corrected chi connectivity index (χ2v) is 3.93. The summed E-state index contributed by atoms with van der Waals surface area (Å²) in [6.45, 7) is 22.6. The van der Waals surface area contributed by atoms with E-state index in [0.29, 0.717) is 0 Å². The van der Waals surface area contributed by atoms with Gasteiger partial charge >= 0.3 is 0 Å². The smallest absolute Gasteiger partial charge is 0.0300 e. The molecule has 0 aromatic heterocycles. The molecule has 0 rings (SSSR count). The van der Waals surface area contributed by atoms with Crippen LogP contribution in [0.5, 0.6) is 0 Å². The van der Waals surface area contributed by atoms with Crippen LogP contribution >= 0.6 is 0 Å². The Morgan fingerprint density at radius 2 is 1.33 bits per heavy atom. The molecule has 0 fully saturated rings. The summed E-state index contributed by atoms with van der Waals surface area (Å²) < 4.78 is 0. The van der Waals surface area contributed by atoms with E-state index < -0.39 is 0 Å². The molecule has 0 bridgehead atoms. The van der Waals surface area contributed by atoms with Crippen LogP contribution in [0.25, 0.3) is 0 Å². The van der Waals surface area contributed by atoms with Crippen molar-refractivity contribution in [3.8, 4) is 0 Å². The number of allylic oxidation sites excluding steroid dienone is 7. The molecule has 0 aromatic carbocycles. The van der Waals surface area contributed by atoms with Gasteiger partial charge in [0.05, 0.1) is 0 Å². The van der Waals surface area contributed by atoms with Gasteiger partial charge < -0.3 is 0 Å². The van der Waals surface area contributed by atoms with E-state index in [4.69, 9.17) is 0 Å². The van der Waals surface area contributed by atoms with Gasteiger partial charge in [0.1, 0.15) is 0 Å². The normalized spacial score (nSPS) is 10.5. The topological polar surface area (TPSA) is 0 Å². The van der Waals surface area contributed by atoms with Crippen molar-refractivity contribution in [1.82, 2.24) is 0 Å². The van der Waals surface area contributed by atoms with Gasteiger partial charge in [-0.25, -0.2) is 0 Å². The molecule has 0 heterocycles. The van der Waals surface area contributed by atoms with E-state index in [9.17, 15) is 0 Å². The number of hydrogen-bond donors (Lipinski definition) is 0. The van der Waals surface area contributed by atoms with E-state index in [0.717, 1.165) is 12.0 Å². The van der Waals surface area contributed by atoms with Gasteiger partial charge in [-0.1, -0.05) is 70.6 Å². The van der Waals surface area contributed by atoms with Gasteiger partial charge in [0.15, 0.2) is 0 Å². The Hall–Kier alpha value is -1.04. The molecule has 0 heteroatoms. The summed E-state index contributed by atoms with van der Waals surface area (Å²) >= 11 is 0. The molecule has 0 atom stereocenters. The zero-order valence-electron chi connectivity index (χ0n) is 14.1. The summed E-state index contributed by atoms with van der Waals surface area (Å²) in [5, 5.41) is 0. The summed E-state index contributed by atoms with van der Waals surface area (Å²) in [5.74, 6) is 0. The van der Waals surface area contributed by atoms with Gasteiger partial charge in [-0.2, -0.15) is 0 Å². The average Bonchev–Trinajstić information content (AvgIpc) is 2.33. The Morgan fingerprint density at radius 1 is 0.889 bits per heavy atom. The minimum absolute atomic E-state index is 1.09. The highest BCUT2D eigenvalue weighted by Crippen LogP contribution is 2.13. The lowest BCUT2D eigenvalue weighted by atomic mass is 10.0. The highest BCUT2D eigenvalue weighted by Gasteiger charge is 1.93. The van der Waals surface area contributed by atoms with Gasteiger partial charge in [0.25, 0.3) is 0 Å². The lowest BCUT2D eigenvalue weighted by Gasteiger charge is -2.02. The van der Waals surface area contributed by atoms with E-state index in [1.165, 1.54) is 16.7 Å². The standard InChI is InChI=1S/C14H22.2C2H6/c1-7-8-12(4)10-14(6)13(5)9-11(2)3;2*1-2/h8-10H,5,7H2,1-4,6H3;2*1-2H3/b12-8-,14-10-;;. The molecule has 0 aromatic rings. The van der Waals surface area contributed by atoms with Crippen LogP contribution in [-0.2, 0) is 0 Å². The largest absolute Gasteiger partial charge is 0.0915 e. The Balaban J connectivity index is -0.000000506. The fourth-order valence-electron chi connectivity index (χ4n) is 1.28. The highest BCUT2D eigenvalue weighted by molar-refractivity contribution is 5.40. The van der Waals surface area contributed by atoms with Crippen molar-refractivity contribution in [2.24, 2.45) is 0 Å². The van der Waals surface area contributed by atoms with Crippen LogP contribution in [0.2, 0.25) is 0 Å². The molecule has 0 unspecified atom stereocenters. The summed E-state index contributed by atoms with van der Waals surface area (Å²) in [7, 11) is 0. The molecule has 0 saturated heterocycles. The quantitative estimate of drug-likeness (QED) is 0.478. The average molecular weight is 250 g/mol. The van der Waals surface area contributed by atoms with Crippen LogP contribution in [0, 0.1) is 0 Å². The lowest BCUT2D eigenvalue weighted by molar-refractivity contribution is 1.19. The van der Waals surface area contributed by atoms with Crippen molar-refractivity contribution in [2.75, 3.05) is 0 Å². The van der Waals surface area contributed by atoms with Crippen molar-refractivity contribution in [3.05, 3.63) is 47.1 Å². The summed E-state index contributed by atoms with van der Waals surface area (Å²) in [4.78, 5) is 0. The highest BCUT2D eigenvalue weighted by atomic mass is 14.0. The van der Waals surface area contributed by atoms with Gasteiger partial charge in [0.2, 0.25) is 0 Å². The predicted molar refractivity (Wildman–Crippen MR) is 89.1 cm³/mol. The van der Waals surface area contributed by atoms with Gasteiger partial charge in [-0.3, -0.25) is 0 Å². The first kappa shape index (κ1) is 22.2. The molecule has 0 saturated carbocycles. The molecule has 0 aliphatic rings. The molecule has 106 valence electrons. The minimum atomic E-state index is 1.09. The fraction of sp³-hybridized carbons (Fsp3) is 0.556. The molecule has 0 aliphatic heterocycles. The zero-order chi connectivity index (χ0) is 15.1. The van der Waals surface area contributed by atoms with Gasteiger partial charge in [0, 0.05) is 0 Å². The van der Waals surface area contributed by atoms with Crippen molar-refractivity contribution in [1.29, 1.82) is 0 Å². The van der Waals surface area contributed by atoms with Crippen LogP contribution in [0.15, 0.2) is 47.1 Å². The van der Waals surface area contributed by atoms with Crippen LogP contribution < -0.4 is 0 Å². The third kappa shape index (κ3) is 15.0.